The molecule has 3 heterocycles. The average Bonchev–Trinajstić information content (AvgIpc) is 3.78. The van der Waals surface area contributed by atoms with E-state index in [0.29, 0.717) is 0 Å². The van der Waals surface area contributed by atoms with Crippen molar-refractivity contribution in [1.29, 1.82) is 0 Å². The third-order valence-electron chi connectivity index (χ3n) is 12.5. The third kappa shape index (κ3) is 4.48. The van der Waals surface area contributed by atoms with Gasteiger partial charge in [-0.2, -0.15) is 0 Å². The van der Waals surface area contributed by atoms with Gasteiger partial charge in [-0.3, -0.25) is 0 Å². The Morgan fingerprint density at radius 1 is 0.426 bits per heavy atom. The van der Waals surface area contributed by atoms with Gasteiger partial charge in [0.2, 0.25) is 0 Å². The summed E-state index contributed by atoms with van der Waals surface area (Å²) in [7, 11) is -3.89. The van der Waals surface area contributed by atoms with Crippen LogP contribution in [0.4, 0.5) is 17.1 Å². The van der Waals surface area contributed by atoms with Gasteiger partial charge in [0, 0.05) is 37.1 Å². The van der Waals surface area contributed by atoms with E-state index in [2.05, 4.69) is 195 Å². The molecule has 0 saturated heterocycles. The lowest BCUT2D eigenvalue weighted by Crippen LogP contribution is -2.49. The lowest BCUT2D eigenvalue weighted by Gasteiger charge is -2.30. The van der Waals surface area contributed by atoms with Gasteiger partial charge in [0.05, 0.1) is 5.69 Å². The van der Waals surface area contributed by atoms with E-state index in [1.807, 2.05) is 11.3 Å². The topological polar surface area (TPSA) is 3.24 Å². The van der Waals surface area contributed by atoms with Gasteiger partial charge in [-0.1, -0.05) is 148 Å². The van der Waals surface area contributed by atoms with Crippen LogP contribution in [0.25, 0.3) is 64.3 Å². The van der Waals surface area contributed by atoms with Crippen molar-refractivity contribution in [2.45, 2.75) is 26.2 Å². The predicted molar refractivity (Wildman–Crippen MR) is 241 cm³/mol. The van der Waals surface area contributed by atoms with Gasteiger partial charge >= 0.3 is 0 Å². The minimum atomic E-state index is -2.02. The minimum Gasteiger partial charge on any atom is -0.310 e. The van der Waals surface area contributed by atoms with Crippen molar-refractivity contribution in [3.8, 4) is 33.4 Å². The average molecular weight is 742 g/mol. The molecule has 2 aliphatic heterocycles. The fourth-order valence-electron chi connectivity index (χ4n) is 9.65. The molecule has 0 bridgehead atoms. The molecule has 2 aliphatic rings. The Hall–Kier alpha value is -5.53. The van der Waals surface area contributed by atoms with Crippen molar-refractivity contribution in [2.75, 3.05) is 4.90 Å². The molecule has 1 aromatic heterocycles. The van der Waals surface area contributed by atoms with Crippen LogP contribution in [-0.4, -0.2) is 16.1 Å². The first-order chi connectivity index (χ1) is 26.3. The van der Waals surface area contributed by atoms with Gasteiger partial charge in [0.15, 0.2) is 0 Å². The van der Waals surface area contributed by atoms with Crippen molar-refractivity contribution in [1.82, 2.24) is 0 Å². The van der Waals surface area contributed by atoms with Crippen LogP contribution in [0.2, 0.25) is 26.2 Å². The molecular weight excluding hydrogens is 703 g/mol. The first-order valence-corrected chi connectivity index (χ1v) is 25.8. The zero-order valence-corrected chi connectivity index (χ0v) is 33.8. The Morgan fingerprint density at radius 2 is 1.09 bits per heavy atom. The van der Waals surface area contributed by atoms with Gasteiger partial charge in [0.1, 0.15) is 16.1 Å². The highest BCUT2D eigenvalue weighted by atomic mass is 32.1. The van der Waals surface area contributed by atoms with E-state index in [1.165, 1.54) is 96.9 Å². The molecule has 9 aromatic rings. The highest BCUT2D eigenvalue weighted by molar-refractivity contribution is 7.26. The SMILES string of the molecule is C[Si]1(C)c2ccccc2-c2c(N(c3ccc(-c4ccc5ccccc5c4)cc3)c3ccc4c(c3)[Si](C)(C)c3ccc5c(sc6ccccc65)c3-4)cccc21. The molecule has 258 valence electrons. The summed E-state index contributed by atoms with van der Waals surface area (Å²) in [6, 6.07) is 62.1. The monoisotopic (exact) mass is 741 g/mol. The quantitative estimate of drug-likeness (QED) is 0.162. The fraction of sp³-hybridized carbons (Fsp3) is 0.0800. The zero-order valence-electron chi connectivity index (χ0n) is 30.9. The molecule has 0 fully saturated rings. The number of thiophene rings is 1. The molecule has 0 amide bonds. The maximum absolute atomic E-state index is 2.56. The predicted octanol–water partition coefficient (Wildman–Crippen LogP) is 12.0. The highest BCUT2D eigenvalue weighted by Gasteiger charge is 2.41. The Labute approximate surface area is 322 Å². The minimum absolute atomic E-state index is 1.18. The summed E-state index contributed by atoms with van der Waals surface area (Å²) in [4.78, 5) is 2.55. The van der Waals surface area contributed by atoms with Crippen LogP contribution < -0.4 is 25.6 Å². The highest BCUT2D eigenvalue weighted by Crippen LogP contribution is 2.46. The second kappa shape index (κ2) is 11.5. The largest absolute Gasteiger partial charge is 0.310 e. The van der Waals surface area contributed by atoms with Crippen LogP contribution in [0.1, 0.15) is 0 Å². The van der Waals surface area contributed by atoms with Crippen LogP contribution >= 0.6 is 11.3 Å². The van der Waals surface area contributed by atoms with Crippen molar-refractivity contribution in [3.05, 3.63) is 164 Å². The maximum atomic E-state index is 2.56. The summed E-state index contributed by atoms with van der Waals surface area (Å²) in [5.41, 5.74) is 11.8. The lowest BCUT2D eigenvalue weighted by atomic mass is 9.99. The molecule has 0 radical (unpaired) electrons. The summed E-state index contributed by atoms with van der Waals surface area (Å²) in [6.07, 6.45) is 0. The van der Waals surface area contributed by atoms with E-state index in [-0.39, 0.29) is 0 Å². The molecule has 0 unspecified atom stereocenters. The number of fused-ring (bicyclic) bond motifs is 11. The number of nitrogens with zero attached hydrogens (tertiary/aromatic N) is 1. The Kier molecular flexibility index (Phi) is 6.80. The molecule has 0 spiro atoms. The van der Waals surface area contributed by atoms with E-state index >= 15 is 0 Å². The van der Waals surface area contributed by atoms with Crippen LogP contribution in [-0.2, 0) is 0 Å². The number of hydrogen-bond donors (Lipinski definition) is 0. The standard InChI is InChI=1S/C50H39NSSi2/c1-53(2)44-18-10-8-15-40(44)48-42(16-11-19-45(48)53)51(36-24-22-33(23-25-36)35-21-20-32-12-5-6-13-34(32)30-35)37-26-27-41-47(31-37)54(3,4)46-29-28-39-38-14-7-9-17-43(38)52-50(39)49(41)46/h5-31H,1-4H3. The van der Waals surface area contributed by atoms with Gasteiger partial charge in [-0.25, -0.2) is 0 Å². The van der Waals surface area contributed by atoms with Crippen molar-refractivity contribution >= 4 is 96.2 Å². The third-order valence-corrected chi connectivity index (χ3v) is 20.7. The Balaban J connectivity index is 1.11. The summed E-state index contributed by atoms with van der Waals surface area (Å²) < 4.78 is 2.81. The van der Waals surface area contributed by atoms with Gasteiger partial charge in [0.25, 0.3) is 0 Å². The summed E-state index contributed by atoms with van der Waals surface area (Å²) in [5, 5.41) is 11.4. The van der Waals surface area contributed by atoms with Crippen molar-refractivity contribution in [3.63, 3.8) is 0 Å². The van der Waals surface area contributed by atoms with Crippen LogP contribution in [0.3, 0.4) is 0 Å². The molecule has 0 N–H and O–H groups in total. The van der Waals surface area contributed by atoms with Crippen molar-refractivity contribution < 1.29 is 0 Å². The van der Waals surface area contributed by atoms with E-state index in [4.69, 9.17) is 0 Å². The number of hydrogen-bond acceptors (Lipinski definition) is 2. The van der Waals surface area contributed by atoms with Crippen LogP contribution in [0.15, 0.2) is 164 Å². The first kappa shape index (κ1) is 32.0. The Bertz CT molecular complexity index is 3010. The second-order valence-corrected chi connectivity index (χ2v) is 25.8. The molecule has 11 rings (SSSR count). The van der Waals surface area contributed by atoms with E-state index in [1.54, 1.807) is 5.19 Å². The van der Waals surface area contributed by atoms with E-state index in [9.17, 15) is 0 Å². The van der Waals surface area contributed by atoms with Gasteiger partial charge < -0.3 is 4.90 Å². The lowest BCUT2D eigenvalue weighted by molar-refractivity contribution is 1.29. The smallest absolute Gasteiger partial charge is 0.114 e. The van der Waals surface area contributed by atoms with E-state index in [0.717, 1.165) is 0 Å². The molecule has 54 heavy (non-hydrogen) atoms. The second-order valence-electron chi connectivity index (χ2n) is 16.1. The van der Waals surface area contributed by atoms with Gasteiger partial charge in [-0.05, 0) is 102 Å². The summed E-state index contributed by atoms with van der Waals surface area (Å²) in [5.74, 6) is 0. The number of benzene rings is 8. The molecular formula is C50H39NSSi2. The summed E-state index contributed by atoms with van der Waals surface area (Å²) >= 11 is 1.96. The van der Waals surface area contributed by atoms with Crippen molar-refractivity contribution in [2.24, 2.45) is 0 Å². The maximum Gasteiger partial charge on any atom is 0.114 e. The Morgan fingerprint density at radius 3 is 1.96 bits per heavy atom. The molecule has 0 aliphatic carbocycles. The zero-order chi connectivity index (χ0) is 36.3. The van der Waals surface area contributed by atoms with Gasteiger partial charge in [-0.15, -0.1) is 11.3 Å². The molecule has 0 atom stereocenters. The molecule has 1 nitrogen and oxygen atoms in total. The molecule has 8 aromatic carbocycles. The fourth-order valence-corrected chi connectivity index (χ4v) is 17.2. The van der Waals surface area contributed by atoms with Crippen LogP contribution in [0.5, 0.6) is 0 Å². The number of anilines is 3. The van der Waals surface area contributed by atoms with Crippen LogP contribution in [0, 0.1) is 0 Å². The van der Waals surface area contributed by atoms with E-state index < -0.39 is 16.1 Å². The number of rotatable bonds is 4. The normalized spacial score (nSPS) is 14.6. The molecule has 0 saturated carbocycles. The molecule has 4 heteroatoms. The summed E-state index contributed by atoms with van der Waals surface area (Å²) in [6.45, 7) is 10.1. The first-order valence-electron chi connectivity index (χ1n) is 19.0.